The van der Waals surface area contributed by atoms with Gasteiger partial charge < -0.3 is 20.1 Å². The van der Waals surface area contributed by atoms with Crippen LogP contribution in [0, 0.1) is 0 Å². The van der Waals surface area contributed by atoms with Crippen LogP contribution in [-0.4, -0.2) is 49.3 Å². The molecule has 0 heterocycles. The molecular weight excluding hydrogens is 762 g/mol. The summed E-state index contributed by atoms with van der Waals surface area (Å²) < 4.78 is 32.6. The largest absolute Gasteiger partial charge is 0.472 e. The van der Waals surface area contributed by atoms with Gasteiger partial charge in [-0.05, 0) is 89.9 Å². The average Bonchev–Trinajstić information content (AvgIpc) is 3.22. The van der Waals surface area contributed by atoms with Crippen molar-refractivity contribution >= 4 is 19.8 Å². The number of nitrogens with two attached hydrogens (primary N) is 1. The van der Waals surface area contributed by atoms with Gasteiger partial charge in [-0.15, -0.1) is 0 Å². The number of ether oxygens (including phenoxy) is 2. The third-order valence-corrected chi connectivity index (χ3v) is 8.74. The van der Waals surface area contributed by atoms with Crippen LogP contribution in [0.3, 0.4) is 0 Å². The van der Waals surface area contributed by atoms with Crippen molar-refractivity contribution < 1.29 is 37.6 Å². The van der Waals surface area contributed by atoms with Crippen LogP contribution in [0.1, 0.15) is 117 Å². The number of hydrogen-bond acceptors (Lipinski definition) is 8. The lowest BCUT2D eigenvalue weighted by atomic mass is 10.2. The molecule has 0 saturated carbocycles. The van der Waals surface area contributed by atoms with Gasteiger partial charge >= 0.3 is 19.8 Å². The number of hydrogen-bond donors (Lipinski definition) is 2. The molecule has 0 aliphatic rings. The third-order valence-electron chi connectivity index (χ3n) is 7.75. The normalized spacial score (nSPS) is 14.7. The Morgan fingerprint density at radius 1 is 0.525 bits per heavy atom. The molecule has 0 aliphatic carbocycles. The maximum atomic E-state index is 12.6. The fourth-order valence-corrected chi connectivity index (χ4v) is 5.46. The lowest BCUT2D eigenvalue weighted by Crippen LogP contribution is -2.29. The van der Waals surface area contributed by atoms with Gasteiger partial charge in [0.1, 0.15) is 6.61 Å². The fraction of sp³-hybridized carbons (Fsp3) is 0.469. The van der Waals surface area contributed by atoms with Crippen molar-refractivity contribution in [1.29, 1.82) is 0 Å². The highest BCUT2D eigenvalue weighted by Crippen LogP contribution is 2.43. The second-order valence-electron chi connectivity index (χ2n) is 13.1. The SMILES string of the molecule is CC/C=C\C/C=C\C/C=C\C/C=C\C/C=C\C/C=C\C/C=C\CCCC(=O)OC(COC(=O)C/C=C\C/C=C\C/C=C\C/C=C\C/C=C\CC)COP(=O)(O)OCCN. The van der Waals surface area contributed by atoms with Crippen LogP contribution in [0.15, 0.2) is 146 Å². The van der Waals surface area contributed by atoms with Gasteiger partial charge in [0.05, 0.1) is 19.6 Å². The number of rotatable bonds is 37. The Morgan fingerprint density at radius 3 is 1.29 bits per heavy atom. The molecule has 0 aromatic heterocycles. The first-order valence-electron chi connectivity index (χ1n) is 21.3. The summed E-state index contributed by atoms with van der Waals surface area (Å²) in [5, 5.41) is 0. The summed E-state index contributed by atoms with van der Waals surface area (Å²) in [5.74, 6) is -1.07. The van der Waals surface area contributed by atoms with Crippen molar-refractivity contribution in [2.45, 2.75) is 123 Å². The average molecular weight is 836 g/mol. The van der Waals surface area contributed by atoms with Crippen LogP contribution >= 0.6 is 7.82 Å². The van der Waals surface area contributed by atoms with Crippen molar-refractivity contribution in [3.8, 4) is 0 Å². The van der Waals surface area contributed by atoms with Crippen LogP contribution in [0.4, 0.5) is 0 Å². The summed E-state index contributed by atoms with van der Waals surface area (Å²) in [6, 6.07) is 0. The predicted octanol–water partition coefficient (Wildman–Crippen LogP) is 12.5. The van der Waals surface area contributed by atoms with E-state index in [0.717, 1.165) is 70.6 Å². The van der Waals surface area contributed by atoms with Gasteiger partial charge in [-0.3, -0.25) is 18.6 Å². The molecule has 0 saturated heterocycles. The summed E-state index contributed by atoms with van der Waals surface area (Å²) >= 11 is 0. The number of unbranched alkanes of at least 4 members (excludes halogenated alkanes) is 1. The molecule has 0 spiro atoms. The predicted molar refractivity (Wildman–Crippen MR) is 247 cm³/mol. The van der Waals surface area contributed by atoms with Crippen LogP contribution in [0.25, 0.3) is 0 Å². The van der Waals surface area contributed by atoms with Gasteiger partial charge in [0.15, 0.2) is 6.10 Å². The molecule has 0 amide bonds. The lowest BCUT2D eigenvalue weighted by Gasteiger charge is -2.19. The molecule has 0 bridgehead atoms. The number of phosphoric ester groups is 1. The Hall–Kier alpha value is -4.11. The Bertz CT molecular complexity index is 1460. The molecular formula is C49H74NO8P. The minimum absolute atomic E-state index is 0.0234. The summed E-state index contributed by atoms with van der Waals surface area (Å²) in [6.07, 6.45) is 62.0. The van der Waals surface area contributed by atoms with Crippen molar-refractivity contribution in [1.82, 2.24) is 0 Å². The number of phosphoric acid groups is 1. The fourth-order valence-electron chi connectivity index (χ4n) is 4.69. The zero-order chi connectivity index (χ0) is 43.2. The summed E-state index contributed by atoms with van der Waals surface area (Å²) in [7, 11) is -4.43. The van der Waals surface area contributed by atoms with Gasteiger partial charge in [-0.1, -0.05) is 160 Å². The molecule has 0 aliphatic heterocycles. The Labute approximate surface area is 356 Å². The molecule has 2 unspecified atom stereocenters. The smallest absolute Gasteiger partial charge is 0.461 e. The van der Waals surface area contributed by atoms with Gasteiger partial charge in [-0.25, -0.2) is 4.57 Å². The molecule has 10 heteroatoms. The van der Waals surface area contributed by atoms with E-state index < -0.39 is 32.5 Å². The number of allylic oxidation sites excluding steroid dienone is 23. The first kappa shape index (κ1) is 54.9. The molecule has 0 rings (SSSR count). The van der Waals surface area contributed by atoms with Gasteiger partial charge in [0, 0.05) is 13.0 Å². The molecule has 9 nitrogen and oxygen atoms in total. The van der Waals surface area contributed by atoms with E-state index in [-0.39, 0.29) is 32.6 Å². The first-order chi connectivity index (χ1) is 28.8. The Morgan fingerprint density at radius 2 is 0.898 bits per heavy atom. The second-order valence-corrected chi connectivity index (χ2v) is 14.6. The number of carbonyl (C=O) groups excluding carboxylic acids is 2. The Kier molecular flexibility index (Phi) is 40.4. The van der Waals surface area contributed by atoms with Gasteiger partial charge in [0.2, 0.25) is 0 Å². The quantitative estimate of drug-likeness (QED) is 0.0271. The van der Waals surface area contributed by atoms with E-state index >= 15 is 0 Å². The summed E-state index contributed by atoms with van der Waals surface area (Å²) in [4.78, 5) is 34.8. The maximum Gasteiger partial charge on any atom is 0.472 e. The molecule has 0 fully saturated rings. The third kappa shape index (κ3) is 43.3. The standard InChI is InChI=1S/C49H74NO8P/c1-3-5-7-9-11-13-15-17-19-20-21-22-23-24-25-26-28-30-32-34-36-38-40-42-49(52)58-47(46-57-59(53,54)56-44-43-50)45-55-48(51)41-39-37-35-33-31-29-27-18-16-14-12-10-8-6-4-2/h5-8,11-14,17-19,21-22,24-25,27-28,30-31,33-34,36-37,39,47H,3-4,9-10,15-16,20,23,26,29,32,35,38,40-46,50H2,1-2H3,(H,53,54)/b7-5-,8-6-,13-11-,14-12-,19-17-,22-21-,25-24-,27-18-,30-28-,33-31-,36-34-,39-37-. The van der Waals surface area contributed by atoms with E-state index in [0.29, 0.717) is 19.3 Å². The zero-order valence-electron chi connectivity index (χ0n) is 35.9. The molecule has 328 valence electrons. The van der Waals surface area contributed by atoms with Crippen molar-refractivity contribution in [2.75, 3.05) is 26.4 Å². The van der Waals surface area contributed by atoms with Gasteiger partial charge in [-0.2, -0.15) is 0 Å². The molecule has 0 radical (unpaired) electrons. The molecule has 0 aromatic carbocycles. The maximum absolute atomic E-state index is 12.6. The first-order valence-corrected chi connectivity index (χ1v) is 22.8. The van der Waals surface area contributed by atoms with E-state index in [2.05, 4.69) is 135 Å². The highest BCUT2D eigenvalue weighted by molar-refractivity contribution is 7.47. The van der Waals surface area contributed by atoms with Crippen LogP contribution in [0.5, 0.6) is 0 Å². The van der Waals surface area contributed by atoms with Crippen molar-refractivity contribution in [3.05, 3.63) is 146 Å². The minimum atomic E-state index is -4.43. The number of carbonyl (C=O) groups is 2. The van der Waals surface area contributed by atoms with Gasteiger partial charge in [0.25, 0.3) is 0 Å². The van der Waals surface area contributed by atoms with E-state index in [1.165, 1.54) is 0 Å². The van der Waals surface area contributed by atoms with Crippen molar-refractivity contribution in [2.24, 2.45) is 5.73 Å². The molecule has 0 aromatic rings. The summed E-state index contributed by atoms with van der Waals surface area (Å²) in [6.45, 7) is 3.27. The minimum Gasteiger partial charge on any atom is -0.461 e. The van der Waals surface area contributed by atoms with E-state index in [1.54, 1.807) is 6.08 Å². The molecule has 2 atom stereocenters. The van der Waals surface area contributed by atoms with E-state index in [9.17, 15) is 19.0 Å². The second kappa shape index (κ2) is 43.5. The van der Waals surface area contributed by atoms with Crippen LogP contribution in [-0.2, 0) is 32.7 Å². The number of esters is 2. The lowest BCUT2D eigenvalue weighted by molar-refractivity contribution is -0.160. The summed E-state index contributed by atoms with van der Waals surface area (Å²) in [5.41, 5.74) is 5.33. The van der Waals surface area contributed by atoms with Crippen LogP contribution in [0.2, 0.25) is 0 Å². The monoisotopic (exact) mass is 836 g/mol. The highest BCUT2D eigenvalue weighted by Gasteiger charge is 2.25. The zero-order valence-corrected chi connectivity index (χ0v) is 36.8. The van der Waals surface area contributed by atoms with E-state index in [4.69, 9.17) is 24.3 Å². The van der Waals surface area contributed by atoms with Crippen molar-refractivity contribution in [3.63, 3.8) is 0 Å². The highest BCUT2D eigenvalue weighted by atomic mass is 31.2. The molecule has 59 heavy (non-hydrogen) atoms. The van der Waals surface area contributed by atoms with E-state index in [1.807, 2.05) is 18.2 Å². The Balaban J connectivity index is 4.42. The van der Waals surface area contributed by atoms with Crippen LogP contribution < -0.4 is 5.73 Å². The topological polar surface area (TPSA) is 134 Å². The molecule has 3 N–H and O–H groups in total.